The third-order valence-electron chi connectivity index (χ3n) is 6.50. The Labute approximate surface area is 186 Å². The van der Waals surface area contributed by atoms with E-state index < -0.39 is 17.2 Å². The van der Waals surface area contributed by atoms with Crippen LogP contribution in [0.1, 0.15) is 35.6 Å². The maximum atomic E-state index is 14.6. The molecule has 0 saturated carbocycles. The highest BCUT2D eigenvalue weighted by atomic mass is 19.1. The standard InChI is InChI=1S/C27H24F2N2O/c28-22-12-13-24(29)23(17-22)20-16-25(19-8-3-1-4-9-19)31(18-20)26(32)27(14-7-15-30-27)21-10-5-2-6-11-21/h1-6,8-13,16-17,25,30H,7,14-15,18H2/t25?,27-/m1/s1. The fraction of sp³-hybridized carbons (Fsp3) is 0.222. The second kappa shape index (κ2) is 8.32. The van der Waals surface area contributed by atoms with E-state index in [1.54, 1.807) is 4.90 Å². The lowest BCUT2D eigenvalue weighted by molar-refractivity contribution is -0.138. The molecular formula is C27H24F2N2O. The van der Waals surface area contributed by atoms with E-state index in [0.717, 1.165) is 36.2 Å². The number of carbonyl (C=O) groups excluding carboxylic acids is 1. The fourth-order valence-corrected chi connectivity index (χ4v) is 4.92. The first-order chi connectivity index (χ1) is 15.6. The number of nitrogens with zero attached hydrogens (tertiary/aromatic N) is 1. The smallest absolute Gasteiger partial charge is 0.248 e. The largest absolute Gasteiger partial charge is 0.326 e. The van der Waals surface area contributed by atoms with Crippen LogP contribution in [0.15, 0.2) is 84.9 Å². The van der Waals surface area contributed by atoms with E-state index in [1.807, 2.05) is 66.7 Å². The van der Waals surface area contributed by atoms with Crippen molar-refractivity contribution in [1.29, 1.82) is 0 Å². The van der Waals surface area contributed by atoms with Crippen LogP contribution in [-0.2, 0) is 10.3 Å². The van der Waals surface area contributed by atoms with E-state index in [2.05, 4.69) is 5.32 Å². The van der Waals surface area contributed by atoms with Crippen molar-refractivity contribution in [3.63, 3.8) is 0 Å². The molecule has 2 heterocycles. The molecule has 3 aromatic carbocycles. The van der Waals surface area contributed by atoms with E-state index >= 15 is 0 Å². The van der Waals surface area contributed by atoms with Crippen molar-refractivity contribution in [3.8, 4) is 0 Å². The van der Waals surface area contributed by atoms with E-state index in [-0.39, 0.29) is 24.1 Å². The highest BCUT2D eigenvalue weighted by Gasteiger charge is 2.47. The molecule has 1 fully saturated rings. The summed E-state index contributed by atoms with van der Waals surface area (Å²) in [6, 6.07) is 22.6. The highest BCUT2D eigenvalue weighted by Crippen LogP contribution is 2.41. The quantitative estimate of drug-likeness (QED) is 0.616. The van der Waals surface area contributed by atoms with Gasteiger partial charge in [-0.1, -0.05) is 66.7 Å². The summed E-state index contributed by atoms with van der Waals surface area (Å²) in [6.07, 6.45) is 3.47. The SMILES string of the molecule is O=C(N1CC(c2cc(F)ccc2F)=CC1c1ccccc1)[C@]1(c2ccccc2)CCCN1. The lowest BCUT2D eigenvalue weighted by Crippen LogP contribution is -2.52. The zero-order valence-electron chi connectivity index (χ0n) is 17.6. The van der Waals surface area contributed by atoms with Crippen LogP contribution in [-0.4, -0.2) is 23.9 Å². The predicted octanol–water partition coefficient (Wildman–Crippen LogP) is 5.21. The Morgan fingerprint density at radius 2 is 1.69 bits per heavy atom. The molecule has 32 heavy (non-hydrogen) atoms. The zero-order chi connectivity index (χ0) is 22.1. The number of halogens is 2. The molecule has 0 spiro atoms. The molecule has 3 nitrogen and oxygen atoms in total. The Morgan fingerprint density at radius 3 is 2.38 bits per heavy atom. The molecule has 162 valence electrons. The molecular weight excluding hydrogens is 406 g/mol. The Bertz CT molecular complexity index is 1150. The topological polar surface area (TPSA) is 32.3 Å². The Morgan fingerprint density at radius 1 is 0.969 bits per heavy atom. The van der Waals surface area contributed by atoms with E-state index in [0.29, 0.717) is 12.0 Å². The van der Waals surface area contributed by atoms with Crippen LogP contribution in [0.5, 0.6) is 0 Å². The fourth-order valence-electron chi connectivity index (χ4n) is 4.92. The van der Waals surface area contributed by atoms with Gasteiger partial charge >= 0.3 is 0 Å². The van der Waals surface area contributed by atoms with Gasteiger partial charge in [-0.15, -0.1) is 0 Å². The average molecular weight is 430 g/mol. The molecule has 2 aliphatic rings. The van der Waals surface area contributed by atoms with Gasteiger partial charge in [0, 0.05) is 12.1 Å². The maximum Gasteiger partial charge on any atom is 0.248 e. The van der Waals surface area contributed by atoms with Gasteiger partial charge in [0.25, 0.3) is 0 Å². The van der Waals surface area contributed by atoms with Gasteiger partial charge in [0.15, 0.2) is 0 Å². The highest BCUT2D eigenvalue weighted by molar-refractivity contribution is 5.91. The molecule has 3 aromatic rings. The van der Waals surface area contributed by atoms with Gasteiger partial charge in [-0.25, -0.2) is 8.78 Å². The summed E-state index contributed by atoms with van der Waals surface area (Å²) in [4.78, 5) is 15.9. The van der Waals surface area contributed by atoms with Crippen LogP contribution >= 0.6 is 0 Å². The summed E-state index contributed by atoms with van der Waals surface area (Å²) < 4.78 is 28.5. The Balaban J connectivity index is 1.58. The lowest BCUT2D eigenvalue weighted by atomic mass is 9.86. The summed E-state index contributed by atoms with van der Waals surface area (Å²) in [5.41, 5.74) is 1.87. The monoisotopic (exact) mass is 430 g/mol. The Kier molecular flexibility index (Phi) is 5.35. The number of hydrogen-bond acceptors (Lipinski definition) is 2. The third-order valence-corrected chi connectivity index (χ3v) is 6.50. The van der Waals surface area contributed by atoms with Gasteiger partial charge < -0.3 is 4.90 Å². The molecule has 1 amide bonds. The maximum absolute atomic E-state index is 14.6. The van der Waals surface area contributed by atoms with E-state index in [4.69, 9.17) is 0 Å². The van der Waals surface area contributed by atoms with Crippen molar-refractivity contribution in [3.05, 3.63) is 113 Å². The van der Waals surface area contributed by atoms with Crippen LogP contribution in [0, 0.1) is 11.6 Å². The minimum Gasteiger partial charge on any atom is -0.326 e. The minimum atomic E-state index is -0.821. The van der Waals surface area contributed by atoms with Crippen molar-refractivity contribution >= 4 is 11.5 Å². The number of benzene rings is 3. The van der Waals surface area contributed by atoms with Crippen molar-refractivity contribution in [2.45, 2.75) is 24.4 Å². The molecule has 1 unspecified atom stereocenters. The number of carbonyl (C=O) groups is 1. The normalized spacial score (nSPS) is 22.8. The van der Waals surface area contributed by atoms with Crippen LogP contribution in [0.25, 0.3) is 5.57 Å². The predicted molar refractivity (Wildman–Crippen MR) is 121 cm³/mol. The Hall–Kier alpha value is -3.31. The summed E-state index contributed by atoms with van der Waals surface area (Å²) in [5, 5.41) is 3.46. The van der Waals surface area contributed by atoms with Gasteiger partial charge in [-0.3, -0.25) is 10.1 Å². The molecule has 5 heteroatoms. The molecule has 0 aliphatic carbocycles. The lowest BCUT2D eigenvalue weighted by Gasteiger charge is -2.36. The average Bonchev–Trinajstić information content (AvgIpc) is 3.50. The summed E-state index contributed by atoms with van der Waals surface area (Å²) in [6.45, 7) is 0.971. The first-order valence-corrected chi connectivity index (χ1v) is 10.9. The zero-order valence-corrected chi connectivity index (χ0v) is 17.6. The first kappa shape index (κ1) is 20.6. The molecule has 0 radical (unpaired) electrons. The minimum absolute atomic E-state index is 0.0434. The molecule has 2 atom stereocenters. The van der Waals surface area contributed by atoms with Crippen molar-refractivity contribution in [2.75, 3.05) is 13.1 Å². The summed E-state index contributed by atoms with van der Waals surface area (Å²) in [7, 11) is 0. The number of amides is 1. The van der Waals surface area contributed by atoms with Crippen LogP contribution in [0.4, 0.5) is 8.78 Å². The summed E-state index contributed by atoms with van der Waals surface area (Å²) in [5.74, 6) is -1.03. The van der Waals surface area contributed by atoms with Crippen molar-refractivity contribution in [2.24, 2.45) is 0 Å². The number of rotatable bonds is 4. The molecule has 1 N–H and O–H groups in total. The first-order valence-electron chi connectivity index (χ1n) is 10.9. The van der Waals surface area contributed by atoms with E-state index in [1.165, 1.54) is 6.07 Å². The van der Waals surface area contributed by atoms with Gasteiger partial charge in [-0.05, 0) is 54.3 Å². The third kappa shape index (κ3) is 3.53. The van der Waals surface area contributed by atoms with Gasteiger partial charge in [0.05, 0.1) is 6.04 Å². The summed E-state index contributed by atoms with van der Waals surface area (Å²) >= 11 is 0. The van der Waals surface area contributed by atoms with Crippen LogP contribution in [0.3, 0.4) is 0 Å². The molecule has 5 rings (SSSR count). The molecule has 0 aromatic heterocycles. The second-order valence-corrected chi connectivity index (χ2v) is 8.41. The van der Waals surface area contributed by atoms with Crippen LogP contribution in [0.2, 0.25) is 0 Å². The van der Waals surface area contributed by atoms with Gasteiger partial charge in [0.1, 0.15) is 17.2 Å². The van der Waals surface area contributed by atoms with Gasteiger partial charge in [-0.2, -0.15) is 0 Å². The van der Waals surface area contributed by atoms with Crippen molar-refractivity contribution < 1.29 is 13.6 Å². The number of nitrogens with one attached hydrogen (secondary N) is 1. The molecule has 0 bridgehead atoms. The molecule has 2 aliphatic heterocycles. The number of hydrogen-bond donors (Lipinski definition) is 1. The van der Waals surface area contributed by atoms with Gasteiger partial charge in [0.2, 0.25) is 5.91 Å². The van der Waals surface area contributed by atoms with Crippen LogP contribution < -0.4 is 5.32 Å². The van der Waals surface area contributed by atoms with E-state index in [9.17, 15) is 13.6 Å². The van der Waals surface area contributed by atoms with Crippen molar-refractivity contribution in [1.82, 2.24) is 10.2 Å². The second-order valence-electron chi connectivity index (χ2n) is 8.41. The molecule has 1 saturated heterocycles.